The lowest BCUT2D eigenvalue weighted by molar-refractivity contribution is 0.372. The molecule has 104 valence electrons. The Morgan fingerprint density at radius 1 is 1.58 bits per heavy atom. The number of nitrogens with one attached hydrogen (secondary N) is 1. The number of thioether (sulfide) groups is 1. The number of aromatic amines is 1. The van der Waals surface area contributed by atoms with Crippen LogP contribution in [0.2, 0.25) is 0 Å². The molecule has 0 unspecified atom stereocenters. The highest BCUT2D eigenvalue weighted by atomic mass is 32.2. The van der Waals surface area contributed by atoms with Gasteiger partial charge in [-0.1, -0.05) is 6.08 Å². The molecular formula is C13H17F2N3S. The van der Waals surface area contributed by atoms with Crippen molar-refractivity contribution in [2.75, 3.05) is 25.9 Å². The van der Waals surface area contributed by atoms with Gasteiger partial charge in [-0.2, -0.15) is 13.9 Å². The topological polar surface area (TPSA) is 31.9 Å². The van der Waals surface area contributed by atoms with Crippen molar-refractivity contribution in [1.82, 2.24) is 15.1 Å². The van der Waals surface area contributed by atoms with Crippen molar-refractivity contribution in [3.63, 3.8) is 0 Å². The van der Waals surface area contributed by atoms with Crippen molar-refractivity contribution < 1.29 is 8.78 Å². The molecule has 3 nitrogen and oxygen atoms in total. The Kier molecular flexibility index (Phi) is 5.15. The van der Waals surface area contributed by atoms with E-state index in [9.17, 15) is 8.78 Å². The highest BCUT2D eigenvalue weighted by Gasteiger charge is 2.16. The summed E-state index contributed by atoms with van der Waals surface area (Å²) in [5, 5.41) is 7.15. The van der Waals surface area contributed by atoms with Crippen LogP contribution in [0.25, 0.3) is 5.57 Å². The Labute approximate surface area is 115 Å². The molecule has 0 saturated carbocycles. The lowest BCUT2D eigenvalue weighted by Crippen LogP contribution is -2.25. The van der Waals surface area contributed by atoms with Crippen LogP contribution in [-0.2, 0) is 0 Å². The molecule has 0 radical (unpaired) electrons. The maximum atomic E-state index is 11.9. The third-order valence-electron chi connectivity index (χ3n) is 2.93. The average molecular weight is 285 g/mol. The largest absolute Gasteiger partial charge is 0.302 e. The van der Waals surface area contributed by atoms with Crippen molar-refractivity contribution in [3.05, 3.63) is 30.1 Å². The number of allylic oxidation sites excluding steroid dienone is 1. The number of H-pyrrole nitrogens is 1. The fourth-order valence-electron chi connectivity index (χ4n) is 2.02. The first-order chi connectivity index (χ1) is 9.16. The van der Waals surface area contributed by atoms with Crippen LogP contribution in [0.15, 0.2) is 29.3 Å². The smallest absolute Gasteiger partial charge is 0.266 e. The summed E-state index contributed by atoms with van der Waals surface area (Å²) < 4.78 is 23.9. The molecule has 1 aromatic heterocycles. The molecule has 0 saturated heterocycles. The number of rotatable bonds is 5. The van der Waals surface area contributed by atoms with Crippen molar-refractivity contribution in [3.8, 4) is 0 Å². The lowest BCUT2D eigenvalue weighted by atomic mass is 10.1. The summed E-state index contributed by atoms with van der Waals surface area (Å²) in [6.07, 6.45) is 4.80. The minimum Gasteiger partial charge on any atom is -0.302 e. The van der Waals surface area contributed by atoms with Gasteiger partial charge in [0, 0.05) is 25.0 Å². The Morgan fingerprint density at radius 2 is 2.42 bits per heavy atom. The monoisotopic (exact) mass is 285 g/mol. The summed E-state index contributed by atoms with van der Waals surface area (Å²) in [4.78, 5) is 3.29. The Balaban J connectivity index is 1.98. The Hall–Kier alpha value is -1.14. The van der Waals surface area contributed by atoms with Crippen LogP contribution in [0.1, 0.15) is 18.5 Å². The lowest BCUT2D eigenvalue weighted by Gasteiger charge is -2.22. The van der Waals surface area contributed by atoms with Crippen LogP contribution in [0, 0.1) is 0 Å². The standard InChI is InChI=1S/C13H17F2N3S/c1-18-6-2-4-10(9-18)13-11(8-16-17-13)19-7-3-5-12(14)15/h4-5,8H,2-3,6-7,9H2,1H3,(H,16,17). The number of hydrogen-bond acceptors (Lipinski definition) is 3. The summed E-state index contributed by atoms with van der Waals surface area (Å²) in [6.45, 7) is 1.95. The highest BCUT2D eigenvalue weighted by Crippen LogP contribution is 2.29. The maximum absolute atomic E-state index is 11.9. The van der Waals surface area contributed by atoms with Gasteiger partial charge in [0.25, 0.3) is 6.08 Å². The van der Waals surface area contributed by atoms with Crippen LogP contribution in [0.5, 0.6) is 0 Å². The van der Waals surface area contributed by atoms with Gasteiger partial charge in [-0.3, -0.25) is 5.10 Å². The van der Waals surface area contributed by atoms with E-state index in [1.54, 1.807) is 11.8 Å². The second-order valence-corrected chi connectivity index (χ2v) is 5.62. The molecule has 0 spiro atoms. The van der Waals surface area contributed by atoms with E-state index in [0.29, 0.717) is 12.2 Å². The number of halogens is 2. The van der Waals surface area contributed by atoms with Gasteiger partial charge in [-0.25, -0.2) is 0 Å². The van der Waals surface area contributed by atoms with E-state index < -0.39 is 6.08 Å². The summed E-state index contributed by atoms with van der Waals surface area (Å²) in [5.41, 5.74) is 2.17. The van der Waals surface area contributed by atoms with Gasteiger partial charge in [0.2, 0.25) is 0 Å². The highest BCUT2D eigenvalue weighted by molar-refractivity contribution is 7.99. The summed E-state index contributed by atoms with van der Waals surface area (Å²) >= 11 is 1.56. The third-order valence-corrected chi connectivity index (χ3v) is 3.99. The normalized spacial score (nSPS) is 16.3. The van der Waals surface area contributed by atoms with E-state index in [1.807, 2.05) is 6.20 Å². The van der Waals surface area contributed by atoms with Gasteiger partial charge in [-0.05, 0) is 31.5 Å². The van der Waals surface area contributed by atoms with Crippen LogP contribution in [0.4, 0.5) is 8.78 Å². The zero-order valence-electron chi connectivity index (χ0n) is 10.8. The van der Waals surface area contributed by atoms with E-state index in [4.69, 9.17) is 0 Å². The van der Waals surface area contributed by atoms with Gasteiger partial charge in [0.15, 0.2) is 0 Å². The molecule has 2 heterocycles. The molecule has 1 N–H and O–H groups in total. The predicted molar refractivity (Wildman–Crippen MR) is 74.3 cm³/mol. The molecule has 0 atom stereocenters. The van der Waals surface area contributed by atoms with Crippen LogP contribution in [0.3, 0.4) is 0 Å². The molecule has 1 aromatic rings. The quantitative estimate of drug-likeness (QED) is 0.665. The molecule has 19 heavy (non-hydrogen) atoms. The van der Waals surface area contributed by atoms with Gasteiger partial charge >= 0.3 is 0 Å². The summed E-state index contributed by atoms with van der Waals surface area (Å²) in [6, 6.07) is 0. The average Bonchev–Trinajstić information content (AvgIpc) is 2.83. The molecule has 0 bridgehead atoms. The molecule has 0 aromatic carbocycles. The van der Waals surface area contributed by atoms with Crippen molar-refractivity contribution >= 4 is 17.3 Å². The first-order valence-electron chi connectivity index (χ1n) is 6.22. The predicted octanol–water partition coefficient (Wildman–Crippen LogP) is 3.39. The molecular weight excluding hydrogens is 268 g/mol. The second-order valence-electron chi connectivity index (χ2n) is 4.48. The molecule has 0 amide bonds. The molecule has 1 aliphatic rings. The first-order valence-corrected chi connectivity index (χ1v) is 7.21. The molecule has 1 aliphatic heterocycles. The number of nitrogens with zero attached hydrogens (tertiary/aromatic N) is 2. The molecule has 0 fully saturated rings. The molecule has 0 aliphatic carbocycles. The maximum Gasteiger partial charge on any atom is 0.266 e. The van der Waals surface area contributed by atoms with E-state index in [2.05, 4.69) is 28.2 Å². The zero-order chi connectivity index (χ0) is 13.7. The molecule has 2 rings (SSSR count). The minimum atomic E-state index is -1.61. The number of hydrogen-bond donors (Lipinski definition) is 1. The zero-order valence-corrected chi connectivity index (χ0v) is 11.6. The van der Waals surface area contributed by atoms with E-state index in [1.165, 1.54) is 5.57 Å². The van der Waals surface area contributed by atoms with E-state index in [0.717, 1.165) is 36.2 Å². The Bertz CT molecular complexity index is 478. The van der Waals surface area contributed by atoms with E-state index >= 15 is 0 Å². The number of likely N-dealkylation sites (N-methyl/N-ethyl adjacent to an activating group) is 1. The van der Waals surface area contributed by atoms with Crippen molar-refractivity contribution in [2.24, 2.45) is 0 Å². The summed E-state index contributed by atoms with van der Waals surface area (Å²) in [5.74, 6) is 0.632. The van der Waals surface area contributed by atoms with Gasteiger partial charge in [-0.15, -0.1) is 11.8 Å². The van der Waals surface area contributed by atoms with Crippen LogP contribution >= 0.6 is 11.8 Å². The van der Waals surface area contributed by atoms with Gasteiger partial charge < -0.3 is 4.90 Å². The fourth-order valence-corrected chi connectivity index (χ4v) is 2.93. The second kappa shape index (κ2) is 6.86. The third kappa shape index (κ3) is 4.18. The van der Waals surface area contributed by atoms with Gasteiger partial charge in [0.1, 0.15) is 5.69 Å². The van der Waals surface area contributed by atoms with Crippen LogP contribution < -0.4 is 0 Å². The fraction of sp³-hybridized carbons (Fsp3) is 0.462. The van der Waals surface area contributed by atoms with Gasteiger partial charge in [0.05, 0.1) is 4.90 Å². The van der Waals surface area contributed by atoms with E-state index in [-0.39, 0.29) is 0 Å². The SMILES string of the molecule is CN1CCC=C(c2n[nH]cc2SCCC=C(F)F)C1. The summed E-state index contributed by atoms with van der Waals surface area (Å²) in [7, 11) is 2.08. The Morgan fingerprint density at radius 3 is 3.16 bits per heavy atom. The molecule has 6 heteroatoms. The number of aromatic nitrogens is 2. The minimum absolute atomic E-state index is 0.372. The van der Waals surface area contributed by atoms with Crippen LogP contribution in [-0.4, -0.2) is 41.0 Å². The van der Waals surface area contributed by atoms with Crippen molar-refractivity contribution in [2.45, 2.75) is 17.7 Å². The first kappa shape index (κ1) is 14.3. The van der Waals surface area contributed by atoms with Crippen molar-refractivity contribution in [1.29, 1.82) is 0 Å².